The fourth-order valence-corrected chi connectivity index (χ4v) is 1.50. The number of rotatable bonds is 2. The maximum absolute atomic E-state index is 9.44. The van der Waals surface area contributed by atoms with Gasteiger partial charge in [0.1, 0.15) is 5.78 Å². The Balaban J connectivity index is 0.000000310. The monoisotopic (exact) mass is 199 g/mol. The standard InChI is InChI=1S/C7H11NS.C3H6O/c1-3-6-5-9-7(4-2)8-6;1-3(2)4/h5H,3-4H2,1-2H3;1-2H3. The summed E-state index contributed by atoms with van der Waals surface area (Å²) in [5.74, 6) is 0.167. The molecule has 0 aliphatic carbocycles. The van der Waals surface area contributed by atoms with E-state index in [0.717, 1.165) is 12.8 Å². The van der Waals surface area contributed by atoms with Gasteiger partial charge in [-0.1, -0.05) is 13.8 Å². The van der Waals surface area contributed by atoms with Crippen molar-refractivity contribution >= 4 is 17.1 Å². The number of ketones is 1. The molecule has 3 heteroatoms. The summed E-state index contributed by atoms with van der Waals surface area (Å²) < 4.78 is 0. The SMILES string of the molecule is CC(C)=O.CCc1csc(CC)n1. The molecule has 1 aromatic heterocycles. The lowest BCUT2D eigenvalue weighted by Crippen LogP contribution is -1.80. The second-order valence-corrected chi connectivity index (χ2v) is 3.79. The number of thiazole rings is 1. The van der Waals surface area contributed by atoms with Gasteiger partial charge in [0.05, 0.1) is 10.7 Å². The Morgan fingerprint density at radius 3 is 2.15 bits per heavy atom. The normalized spacial score (nSPS) is 8.92. The van der Waals surface area contributed by atoms with Crippen LogP contribution < -0.4 is 0 Å². The molecular formula is C10H17NOS. The highest BCUT2D eigenvalue weighted by molar-refractivity contribution is 7.09. The van der Waals surface area contributed by atoms with Gasteiger partial charge in [0.25, 0.3) is 0 Å². The molecule has 0 unspecified atom stereocenters. The lowest BCUT2D eigenvalue weighted by Gasteiger charge is -1.83. The highest BCUT2D eigenvalue weighted by Crippen LogP contribution is 2.09. The van der Waals surface area contributed by atoms with Crippen molar-refractivity contribution < 1.29 is 4.79 Å². The van der Waals surface area contributed by atoms with Crippen molar-refractivity contribution in [2.75, 3.05) is 0 Å². The quantitative estimate of drug-likeness (QED) is 0.733. The van der Waals surface area contributed by atoms with E-state index < -0.39 is 0 Å². The molecule has 0 radical (unpaired) electrons. The van der Waals surface area contributed by atoms with Gasteiger partial charge in [-0.05, 0) is 26.7 Å². The molecule has 74 valence electrons. The molecule has 0 aliphatic rings. The Morgan fingerprint density at radius 2 is 1.92 bits per heavy atom. The van der Waals surface area contributed by atoms with Crippen molar-refractivity contribution in [3.63, 3.8) is 0 Å². The van der Waals surface area contributed by atoms with Crippen LogP contribution in [-0.4, -0.2) is 10.8 Å². The summed E-state index contributed by atoms with van der Waals surface area (Å²) in [4.78, 5) is 13.8. The van der Waals surface area contributed by atoms with Gasteiger partial charge < -0.3 is 4.79 Å². The van der Waals surface area contributed by atoms with Gasteiger partial charge in [-0.2, -0.15) is 0 Å². The molecule has 0 aliphatic heterocycles. The lowest BCUT2D eigenvalue weighted by atomic mass is 10.4. The van der Waals surface area contributed by atoms with Gasteiger partial charge in [-0.15, -0.1) is 11.3 Å². The molecule has 0 saturated heterocycles. The third-order valence-corrected chi connectivity index (χ3v) is 2.31. The van der Waals surface area contributed by atoms with E-state index in [0.29, 0.717) is 0 Å². The van der Waals surface area contributed by atoms with Crippen molar-refractivity contribution in [2.24, 2.45) is 0 Å². The van der Waals surface area contributed by atoms with Gasteiger partial charge in [0.2, 0.25) is 0 Å². The Morgan fingerprint density at radius 1 is 1.38 bits per heavy atom. The maximum atomic E-state index is 9.44. The first-order valence-corrected chi connectivity index (χ1v) is 5.38. The van der Waals surface area contributed by atoms with E-state index in [1.54, 1.807) is 11.3 Å². The number of aromatic nitrogens is 1. The Labute approximate surface area is 84.0 Å². The summed E-state index contributed by atoms with van der Waals surface area (Å²) in [7, 11) is 0. The summed E-state index contributed by atoms with van der Waals surface area (Å²) in [5, 5.41) is 3.39. The molecular weight excluding hydrogens is 182 g/mol. The van der Waals surface area contributed by atoms with Gasteiger partial charge >= 0.3 is 0 Å². The number of aryl methyl sites for hydroxylation is 2. The minimum Gasteiger partial charge on any atom is -0.300 e. The van der Waals surface area contributed by atoms with Crippen LogP contribution >= 0.6 is 11.3 Å². The van der Waals surface area contributed by atoms with Crippen molar-refractivity contribution in [3.05, 3.63) is 16.1 Å². The van der Waals surface area contributed by atoms with Crippen molar-refractivity contribution in [1.29, 1.82) is 0 Å². The molecule has 1 aromatic rings. The lowest BCUT2D eigenvalue weighted by molar-refractivity contribution is -0.114. The van der Waals surface area contributed by atoms with Crippen LogP contribution in [0, 0.1) is 0 Å². The van der Waals surface area contributed by atoms with Gasteiger partial charge in [-0.25, -0.2) is 4.98 Å². The predicted octanol–water partition coefficient (Wildman–Crippen LogP) is 2.86. The molecule has 0 atom stereocenters. The van der Waals surface area contributed by atoms with E-state index in [1.165, 1.54) is 24.5 Å². The Hall–Kier alpha value is -0.700. The van der Waals surface area contributed by atoms with E-state index >= 15 is 0 Å². The molecule has 0 aromatic carbocycles. The van der Waals surface area contributed by atoms with Crippen LogP contribution in [-0.2, 0) is 17.6 Å². The predicted molar refractivity (Wildman–Crippen MR) is 57.2 cm³/mol. The number of Topliss-reactive ketones (excluding diaryl/α,β-unsaturated/α-hetero) is 1. The number of nitrogens with zero attached hydrogens (tertiary/aromatic N) is 1. The number of hydrogen-bond donors (Lipinski definition) is 0. The molecule has 2 nitrogen and oxygen atoms in total. The van der Waals surface area contributed by atoms with E-state index in [-0.39, 0.29) is 5.78 Å². The smallest absolute Gasteiger partial charge is 0.126 e. The van der Waals surface area contributed by atoms with E-state index in [1.807, 2.05) is 0 Å². The van der Waals surface area contributed by atoms with Crippen LogP contribution in [0.3, 0.4) is 0 Å². The average molecular weight is 199 g/mol. The third kappa shape index (κ3) is 6.46. The van der Waals surface area contributed by atoms with E-state index in [2.05, 4.69) is 24.2 Å². The Kier molecular flexibility index (Phi) is 6.41. The fourth-order valence-electron chi connectivity index (χ4n) is 0.674. The summed E-state index contributed by atoms with van der Waals surface area (Å²) >= 11 is 1.76. The molecule has 13 heavy (non-hydrogen) atoms. The first-order valence-electron chi connectivity index (χ1n) is 4.50. The molecule has 0 fully saturated rings. The molecule has 1 rings (SSSR count). The summed E-state index contributed by atoms with van der Waals surface area (Å²) in [6.07, 6.45) is 2.14. The number of carbonyl (C=O) groups excluding carboxylic acids is 1. The zero-order chi connectivity index (χ0) is 10.3. The first-order chi connectivity index (χ1) is 6.10. The maximum Gasteiger partial charge on any atom is 0.126 e. The van der Waals surface area contributed by atoms with Crippen LogP contribution in [0.2, 0.25) is 0 Å². The largest absolute Gasteiger partial charge is 0.300 e. The molecule has 0 bridgehead atoms. The second-order valence-electron chi connectivity index (χ2n) is 2.85. The van der Waals surface area contributed by atoms with Gasteiger partial charge in [-0.3, -0.25) is 0 Å². The van der Waals surface area contributed by atoms with E-state index in [9.17, 15) is 4.79 Å². The van der Waals surface area contributed by atoms with Crippen LogP contribution in [0.15, 0.2) is 5.38 Å². The van der Waals surface area contributed by atoms with Crippen molar-refractivity contribution in [3.8, 4) is 0 Å². The first kappa shape index (κ1) is 12.3. The van der Waals surface area contributed by atoms with Crippen LogP contribution in [0.5, 0.6) is 0 Å². The molecule has 0 amide bonds. The van der Waals surface area contributed by atoms with Gasteiger partial charge in [0.15, 0.2) is 0 Å². The molecule has 0 spiro atoms. The zero-order valence-corrected chi connectivity index (χ0v) is 9.57. The molecule has 0 N–H and O–H groups in total. The fraction of sp³-hybridized carbons (Fsp3) is 0.600. The van der Waals surface area contributed by atoms with Gasteiger partial charge in [0, 0.05) is 5.38 Å². The summed E-state index contributed by atoms with van der Waals surface area (Å²) in [6, 6.07) is 0. The zero-order valence-electron chi connectivity index (χ0n) is 8.76. The minimum absolute atomic E-state index is 0.167. The minimum atomic E-state index is 0.167. The highest BCUT2D eigenvalue weighted by Gasteiger charge is 1.94. The Bertz CT molecular complexity index is 233. The van der Waals surface area contributed by atoms with Crippen LogP contribution in [0.25, 0.3) is 0 Å². The number of carbonyl (C=O) groups is 1. The van der Waals surface area contributed by atoms with E-state index in [4.69, 9.17) is 0 Å². The van der Waals surface area contributed by atoms with Crippen LogP contribution in [0.4, 0.5) is 0 Å². The topological polar surface area (TPSA) is 30.0 Å². The summed E-state index contributed by atoms with van der Waals surface area (Å²) in [5.41, 5.74) is 1.23. The molecule has 1 heterocycles. The van der Waals surface area contributed by atoms with Crippen molar-refractivity contribution in [1.82, 2.24) is 4.98 Å². The summed E-state index contributed by atoms with van der Waals surface area (Å²) in [6.45, 7) is 7.33. The highest BCUT2D eigenvalue weighted by atomic mass is 32.1. The van der Waals surface area contributed by atoms with Crippen molar-refractivity contribution in [2.45, 2.75) is 40.5 Å². The second kappa shape index (κ2) is 6.78. The van der Waals surface area contributed by atoms with Crippen LogP contribution in [0.1, 0.15) is 38.4 Å². The average Bonchev–Trinajstić information content (AvgIpc) is 2.50. The number of hydrogen-bond acceptors (Lipinski definition) is 3. The molecule has 0 saturated carbocycles. The third-order valence-electron chi connectivity index (χ3n) is 1.26.